The molecule has 0 aromatic heterocycles. The molecule has 2 aliphatic rings. The second-order valence-corrected chi connectivity index (χ2v) is 4.13. The molecule has 0 spiro atoms. The van der Waals surface area contributed by atoms with E-state index >= 15 is 0 Å². The van der Waals surface area contributed by atoms with Crippen LogP contribution in [0.4, 0.5) is 0 Å². The van der Waals surface area contributed by atoms with E-state index in [2.05, 4.69) is 0 Å². The number of amides is 1. The van der Waals surface area contributed by atoms with E-state index < -0.39 is 0 Å². The summed E-state index contributed by atoms with van der Waals surface area (Å²) in [7, 11) is 0. The van der Waals surface area contributed by atoms with Crippen molar-refractivity contribution in [1.29, 1.82) is 0 Å². The van der Waals surface area contributed by atoms with Crippen molar-refractivity contribution in [2.45, 2.75) is 38.6 Å². The first kappa shape index (κ1) is 9.65. The van der Waals surface area contributed by atoms with Gasteiger partial charge in [0.15, 0.2) is 0 Å². The summed E-state index contributed by atoms with van der Waals surface area (Å²) in [6.07, 6.45) is 3.43. The predicted molar refractivity (Wildman–Crippen MR) is 51.4 cm³/mol. The number of carbonyl (C=O) groups excluding carboxylic acids is 2. The average Bonchev–Trinajstić information content (AvgIpc) is 2.88. The Kier molecular flexibility index (Phi) is 2.54. The molecule has 78 valence electrons. The first-order valence-corrected chi connectivity index (χ1v) is 5.25. The molecule has 1 heterocycles. The normalized spacial score (nSPS) is 23.2. The lowest BCUT2D eigenvalue weighted by atomic mass is 10.3. The third kappa shape index (κ3) is 1.95. The Morgan fingerprint density at radius 2 is 2.21 bits per heavy atom. The smallest absolute Gasteiger partial charge is 0.238 e. The van der Waals surface area contributed by atoms with Gasteiger partial charge in [-0.3, -0.25) is 14.6 Å². The van der Waals surface area contributed by atoms with Crippen LogP contribution >= 0.6 is 0 Å². The Morgan fingerprint density at radius 1 is 1.50 bits per heavy atom. The number of hydrogen-bond donors (Lipinski definition) is 0. The highest BCUT2D eigenvalue weighted by Crippen LogP contribution is 2.31. The number of ketones is 1. The molecule has 1 amide bonds. The fourth-order valence-corrected chi connectivity index (χ4v) is 1.86. The molecule has 2 fully saturated rings. The zero-order valence-electron chi connectivity index (χ0n) is 8.53. The molecule has 4 nitrogen and oxygen atoms in total. The highest BCUT2D eigenvalue weighted by atomic mass is 16.2. The Labute approximate surface area is 83.8 Å². The largest absolute Gasteiger partial charge is 0.300 e. The number of hydrazine groups is 1. The summed E-state index contributed by atoms with van der Waals surface area (Å²) >= 11 is 0. The van der Waals surface area contributed by atoms with Gasteiger partial charge in [0.2, 0.25) is 5.91 Å². The van der Waals surface area contributed by atoms with Gasteiger partial charge in [-0.2, -0.15) is 0 Å². The van der Waals surface area contributed by atoms with Crippen LogP contribution in [0.15, 0.2) is 0 Å². The van der Waals surface area contributed by atoms with Crippen molar-refractivity contribution in [2.75, 3.05) is 13.1 Å². The van der Waals surface area contributed by atoms with Gasteiger partial charge in [0.05, 0.1) is 0 Å². The summed E-state index contributed by atoms with van der Waals surface area (Å²) in [5, 5.41) is 3.92. The number of Topliss-reactive ketones (excluding diaryl/α,β-unsaturated/α-hetero) is 1. The number of carbonyl (C=O) groups is 2. The molecule has 0 unspecified atom stereocenters. The molecule has 0 aromatic rings. The van der Waals surface area contributed by atoms with Crippen molar-refractivity contribution in [1.82, 2.24) is 10.0 Å². The van der Waals surface area contributed by atoms with E-state index in [9.17, 15) is 9.59 Å². The lowest BCUT2D eigenvalue weighted by Crippen LogP contribution is -2.41. The van der Waals surface area contributed by atoms with Crippen molar-refractivity contribution >= 4 is 11.7 Å². The number of rotatable bonds is 4. The third-order valence-electron chi connectivity index (χ3n) is 2.76. The van der Waals surface area contributed by atoms with Crippen molar-refractivity contribution < 1.29 is 9.59 Å². The van der Waals surface area contributed by atoms with E-state index in [1.54, 1.807) is 6.92 Å². The summed E-state index contributed by atoms with van der Waals surface area (Å²) < 4.78 is 0. The Balaban J connectivity index is 1.90. The van der Waals surface area contributed by atoms with Gasteiger partial charge in [0, 0.05) is 32.0 Å². The minimum Gasteiger partial charge on any atom is -0.300 e. The monoisotopic (exact) mass is 196 g/mol. The maximum atomic E-state index is 11.5. The van der Waals surface area contributed by atoms with Gasteiger partial charge in [0.25, 0.3) is 0 Å². The van der Waals surface area contributed by atoms with Crippen LogP contribution in [0.5, 0.6) is 0 Å². The van der Waals surface area contributed by atoms with Crippen molar-refractivity contribution in [3.05, 3.63) is 0 Å². The summed E-state index contributed by atoms with van der Waals surface area (Å²) in [6.45, 7) is 3.10. The fourth-order valence-electron chi connectivity index (χ4n) is 1.86. The van der Waals surface area contributed by atoms with Gasteiger partial charge < -0.3 is 0 Å². The van der Waals surface area contributed by atoms with Crippen LogP contribution in [0.1, 0.15) is 32.6 Å². The zero-order valence-corrected chi connectivity index (χ0v) is 8.53. The predicted octanol–water partition coefficient (Wildman–Crippen LogP) is 0.577. The number of hydrogen-bond acceptors (Lipinski definition) is 3. The lowest BCUT2D eigenvalue weighted by Gasteiger charge is -2.27. The Morgan fingerprint density at radius 3 is 2.79 bits per heavy atom. The molecule has 4 heteroatoms. The molecule has 1 saturated carbocycles. The Hall–Kier alpha value is -0.900. The molecule has 0 bridgehead atoms. The van der Waals surface area contributed by atoms with Gasteiger partial charge in [-0.25, -0.2) is 5.01 Å². The van der Waals surface area contributed by atoms with Gasteiger partial charge in [-0.1, -0.05) is 0 Å². The quantitative estimate of drug-likeness (QED) is 0.660. The van der Waals surface area contributed by atoms with Crippen LogP contribution in [0.3, 0.4) is 0 Å². The SMILES string of the molecule is CC(=O)CCN1CCC(=O)N1C1CC1. The molecule has 0 aromatic carbocycles. The van der Waals surface area contributed by atoms with Gasteiger partial charge in [-0.05, 0) is 19.8 Å². The maximum Gasteiger partial charge on any atom is 0.238 e. The van der Waals surface area contributed by atoms with Crippen LogP contribution in [-0.4, -0.2) is 40.8 Å². The van der Waals surface area contributed by atoms with E-state index in [1.165, 1.54) is 0 Å². The minimum atomic E-state index is 0.195. The topological polar surface area (TPSA) is 40.6 Å². The summed E-state index contributed by atoms with van der Waals surface area (Å²) in [6, 6.07) is 0.442. The third-order valence-corrected chi connectivity index (χ3v) is 2.76. The lowest BCUT2D eigenvalue weighted by molar-refractivity contribution is -0.140. The van der Waals surface area contributed by atoms with E-state index in [4.69, 9.17) is 0 Å². The van der Waals surface area contributed by atoms with Crippen LogP contribution < -0.4 is 0 Å². The van der Waals surface area contributed by atoms with Gasteiger partial charge in [-0.15, -0.1) is 0 Å². The molecular weight excluding hydrogens is 180 g/mol. The molecule has 0 N–H and O–H groups in total. The van der Waals surface area contributed by atoms with E-state index in [0.29, 0.717) is 25.4 Å². The number of nitrogens with zero attached hydrogens (tertiary/aromatic N) is 2. The van der Waals surface area contributed by atoms with Gasteiger partial charge >= 0.3 is 0 Å². The van der Waals surface area contributed by atoms with E-state index in [1.807, 2.05) is 10.0 Å². The second kappa shape index (κ2) is 3.69. The molecule has 2 rings (SSSR count). The molecule has 1 saturated heterocycles. The molecule has 1 aliphatic heterocycles. The summed E-state index contributed by atoms with van der Waals surface area (Å²) in [5.41, 5.74) is 0. The highest BCUT2D eigenvalue weighted by molar-refractivity contribution is 5.79. The molecule has 0 radical (unpaired) electrons. The van der Waals surface area contributed by atoms with Gasteiger partial charge in [0.1, 0.15) is 5.78 Å². The van der Waals surface area contributed by atoms with Crippen molar-refractivity contribution in [3.8, 4) is 0 Å². The molecular formula is C10H16N2O2. The minimum absolute atomic E-state index is 0.195. The van der Waals surface area contributed by atoms with E-state index in [-0.39, 0.29) is 11.7 Å². The molecule has 1 aliphatic carbocycles. The van der Waals surface area contributed by atoms with E-state index in [0.717, 1.165) is 19.4 Å². The molecule has 0 atom stereocenters. The van der Waals surface area contributed by atoms with Crippen LogP contribution in [0.2, 0.25) is 0 Å². The maximum absolute atomic E-state index is 11.5. The summed E-state index contributed by atoms with van der Waals surface area (Å²) in [4.78, 5) is 22.4. The van der Waals surface area contributed by atoms with Crippen LogP contribution in [0.25, 0.3) is 0 Å². The first-order valence-electron chi connectivity index (χ1n) is 5.25. The van der Waals surface area contributed by atoms with Crippen molar-refractivity contribution in [2.24, 2.45) is 0 Å². The summed E-state index contributed by atoms with van der Waals surface area (Å²) in [5.74, 6) is 0.427. The first-order chi connectivity index (χ1) is 6.68. The standard InChI is InChI=1S/C10H16N2O2/c1-8(13)4-6-11-7-5-10(14)12(11)9-2-3-9/h9H,2-7H2,1H3. The molecule has 14 heavy (non-hydrogen) atoms. The second-order valence-electron chi connectivity index (χ2n) is 4.13. The van der Waals surface area contributed by atoms with Crippen LogP contribution in [-0.2, 0) is 9.59 Å². The zero-order chi connectivity index (χ0) is 10.1. The van der Waals surface area contributed by atoms with Crippen molar-refractivity contribution in [3.63, 3.8) is 0 Å². The fraction of sp³-hybridized carbons (Fsp3) is 0.800. The highest BCUT2D eigenvalue weighted by Gasteiger charge is 2.39. The Bertz CT molecular complexity index is 261. The van der Waals surface area contributed by atoms with Crippen LogP contribution in [0, 0.1) is 0 Å². The average molecular weight is 196 g/mol.